The molecule has 5 aromatic rings. The van der Waals surface area contributed by atoms with Gasteiger partial charge in [0.05, 0.1) is 40.2 Å². The highest BCUT2D eigenvalue weighted by Crippen LogP contribution is 2.63. The molecular weight excluding hydrogens is 760 g/mol. The lowest BCUT2D eigenvalue weighted by Gasteiger charge is -2.49. The van der Waals surface area contributed by atoms with Crippen LogP contribution in [0.4, 0.5) is 19.0 Å². The number of hydrogen-bond acceptors (Lipinski definition) is 7. The van der Waals surface area contributed by atoms with Gasteiger partial charge in [-0.15, -0.1) is 6.58 Å². The summed E-state index contributed by atoms with van der Waals surface area (Å²) in [6.45, 7) is 3.71. The molecule has 280 valence electrons. The average molecular weight is 790 g/mol. The molecule has 2 amide bonds. The fourth-order valence-corrected chi connectivity index (χ4v) is 8.69. The normalized spacial score (nSPS) is 21.8. The molecule has 3 aromatic carbocycles. The Morgan fingerprint density at radius 3 is 2.38 bits per heavy atom. The summed E-state index contributed by atoms with van der Waals surface area (Å²) in [6.07, 6.45) is -0.824. The van der Waals surface area contributed by atoms with E-state index in [-0.39, 0.29) is 30.7 Å². The lowest BCUT2D eigenvalue weighted by atomic mass is 9.53. The molecule has 16 heteroatoms. The summed E-state index contributed by atoms with van der Waals surface area (Å²) in [5.74, 6) is -4.62. The van der Waals surface area contributed by atoms with Crippen molar-refractivity contribution in [3.63, 3.8) is 0 Å². The Kier molecular flexibility index (Phi) is 8.65. The molecule has 0 unspecified atom stereocenters. The summed E-state index contributed by atoms with van der Waals surface area (Å²) < 4.78 is 44.1. The van der Waals surface area contributed by atoms with Crippen LogP contribution in [0.1, 0.15) is 40.6 Å². The number of para-hydroxylation sites is 2. The van der Waals surface area contributed by atoms with Crippen LogP contribution in [0.2, 0.25) is 10.0 Å². The van der Waals surface area contributed by atoms with Gasteiger partial charge in [0.15, 0.2) is 5.82 Å². The first kappa shape index (κ1) is 36.1. The van der Waals surface area contributed by atoms with Gasteiger partial charge < -0.3 is 5.11 Å². The van der Waals surface area contributed by atoms with Crippen LogP contribution < -0.4 is 16.8 Å². The van der Waals surface area contributed by atoms with Gasteiger partial charge in [-0.25, -0.2) is 28.5 Å². The number of nitrogens with one attached hydrogen (secondary N) is 1. The van der Waals surface area contributed by atoms with E-state index < -0.39 is 69.1 Å². The largest absolute Gasteiger partial charge is 0.507 e. The number of pyridine rings is 1. The second-order valence-corrected chi connectivity index (χ2v) is 14.3. The van der Waals surface area contributed by atoms with Gasteiger partial charge in [-0.3, -0.25) is 15.0 Å². The van der Waals surface area contributed by atoms with E-state index in [0.29, 0.717) is 44.7 Å². The molecule has 1 saturated carbocycles. The van der Waals surface area contributed by atoms with Crippen LogP contribution in [0.25, 0.3) is 5.69 Å². The molecule has 11 nitrogen and oxygen atoms in total. The molecule has 2 N–H and O–H groups in total. The molecule has 0 radical (unpaired) electrons. The third-order valence-electron chi connectivity index (χ3n) is 10.7. The molecule has 55 heavy (non-hydrogen) atoms. The molecule has 0 spiro atoms. The molecule has 0 bridgehead atoms. The molecular formula is C39H29Cl2F3N6O5. The van der Waals surface area contributed by atoms with Gasteiger partial charge in [-0.2, -0.15) is 18.2 Å². The number of aromatic nitrogens is 4. The maximum atomic E-state index is 15.3. The van der Waals surface area contributed by atoms with Gasteiger partial charge in [0.1, 0.15) is 5.75 Å². The van der Waals surface area contributed by atoms with E-state index in [0.717, 1.165) is 4.57 Å². The maximum Gasteiger partial charge on any atom is 0.417 e. The van der Waals surface area contributed by atoms with Crippen LogP contribution in [-0.4, -0.2) is 40.8 Å². The Morgan fingerprint density at radius 1 is 0.982 bits per heavy atom. The second kappa shape index (κ2) is 13.2. The summed E-state index contributed by atoms with van der Waals surface area (Å²) >= 11 is 12.6. The van der Waals surface area contributed by atoms with Gasteiger partial charge in [0.25, 0.3) is 11.8 Å². The average Bonchev–Trinajstić information content (AvgIpc) is 3.54. The van der Waals surface area contributed by atoms with Crippen molar-refractivity contribution in [1.82, 2.24) is 23.9 Å². The number of fused-ring (bicyclic) bond motifs is 4. The van der Waals surface area contributed by atoms with E-state index in [1.165, 1.54) is 9.36 Å². The first-order valence-electron chi connectivity index (χ1n) is 17.0. The van der Waals surface area contributed by atoms with Crippen LogP contribution >= 0.6 is 23.2 Å². The Bertz CT molecular complexity index is 2570. The Hall–Kier alpha value is -5.86. The number of hydrazine groups is 1. The van der Waals surface area contributed by atoms with Crippen LogP contribution in [-0.2, 0) is 34.1 Å². The molecule has 2 aromatic heterocycles. The number of hydrogen-bond donors (Lipinski definition) is 2. The number of allylic oxidation sites excluding steroid dienone is 3. The molecule has 3 aliphatic rings. The lowest BCUT2D eigenvalue weighted by molar-refractivity contribution is -0.139. The van der Waals surface area contributed by atoms with Crippen molar-refractivity contribution in [3.8, 4) is 11.4 Å². The summed E-state index contributed by atoms with van der Waals surface area (Å²) in [4.78, 5) is 62.2. The highest BCUT2D eigenvalue weighted by atomic mass is 35.5. The van der Waals surface area contributed by atoms with Crippen molar-refractivity contribution in [2.45, 2.75) is 42.9 Å². The van der Waals surface area contributed by atoms with Crippen LogP contribution in [0.3, 0.4) is 0 Å². The van der Waals surface area contributed by atoms with E-state index in [1.807, 2.05) is 0 Å². The van der Waals surface area contributed by atoms with Crippen molar-refractivity contribution in [2.24, 2.45) is 5.92 Å². The number of halogens is 5. The zero-order valence-electron chi connectivity index (χ0n) is 28.5. The number of benzene rings is 3. The Morgan fingerprint density at radius 2 is 1.71 bits per heavy atom. The number of amides is 2. The fourth-order valence-electron chi connectivity index (χ4n) is 8.35. The monoisotopic (exact) mass is 788 g/mol. The topological polar surface area (TPSA) is 131 Å². The van der Waals surface area contributed by atoms with E-state index >= 15 is 4.79 Å². The first-order valence-corrected chi connectivity index (χ1v) is 17.8. The number of alkyl halides is 3. The highest BCUT2D eigenvalue weighted by Gasteiger charge is 2.69. The molecule has 1 saturated heterocycles. The van der Waals surface area contributed by atoms with Crippen molar-refractivity contribution in [2.75, 3.05) is 5.43 Å². The number of aromatic hydroxyl groups is 1. The summed E-state index contributed by atoms with van der Waals surface area (Å²) in [7, 11) is 0. The fraction of sp³-hybridized carbons (Fsp3) is 0.205. The standard InChI is InChI=1S/C39H29Cl2F3N6O5/c1-2-7-21-8-6-11-27(32(21)51)31-26-16-17-47-36(54)48(25-9-4-3-5-10-25)37(55)50(47)30(26)19-28-34(52)49(35(53)38(28,31)22-12-14-24(40)15-13-22)46-33-29(41)18-23(20-45-33)39(42,43)44/h2-6,8-16,18,20,28,30-31,51H,1,7,17,19H2,(H,45,46)/t28-,30+,31+,38+/m0/s1. The molecule has 8 rings (SSSR count). The minimum absolute atomic E-state index is 0.0834. The highest BCUT2D eigenvalue weighted by molar-refractivity contribution is 6.33. The van der Waals surface area contributed by atoms with Crippen molar-refractivity contribution in [1.29, 1.82) is 0 Å². The SMILES string of the molecule is C=CCc1cccc([C@H]2C3=CCn4c(=O)n(-c5ccccc5)c(=O)n4[C@@H]3C[C@H]3C(=O)N(Nc4ncc(C(F)(F)F)cc4Cl)C(=O)[C@@]23c2ccc(Cl)cc2)c1O. The number of imide groups is 1. The number of phenolic OH excluding ortho intramolecular Hbond substituents is 1. The minimum Gasteiger partial charge on any atom is -0.507 e. The predicted molar refractivity (Wildman–Crippen MR) is 197 cm³/mol. The van der Waals surface area contributed by atoms with Gasteiger partial charge in [0.2, 0.25) is 0 Å². The summed E-state index contributed by atoms with van der Waals surface area (Å²) in [5, 5.41) is 12.5. The third-order valence-corrected chi connectivity index (χ3v) is 11.2. The van der Waals surface area contributed by atoms with Gasteiger partial charge in [-0.1, -0.05) is 83.9 Å². The van der Waals surface area contributed by atoms with E-state index in [2.05, 4.69) is 17.0 Å². The van der Waals surface area contributed by atoms with Crippen molar-refractivity contribution < 1.29 is 27.9 Å². The van der Waals surface area contributed by atoms with Crippen LogP contribution in [0.15, 0.2) is 119 Å². The molecule has 4 heterocycles. The molecule has 2 aliphatic heterocycles. The van der Waals surface area contributed by atoms with E-state index in [9.17, 15) is 32.7 Å². The van der Waals surface area contributed by atoms with Crippen molar-refractivity contribution in [3.05, 3.63) is 163 Å². The Balaban J connectivity index is 1.38. The van der Waals surface area contributed by atoms with Crippen LogP contribution in [0.5, 0.6) is 5.75 Å². The van der Waals surface area contributed by atoms with Crippen molar-refractivity contribution >= 4 is 40.8 Å². The van der Waals surface area contributed by atoms with E-state index in [1.54, 1.807) is 84.9 Å². The van der Waals surface area contributed by atoms with E-state index in [4.69, 9.17) is 23.2 Å². The van der Waals surface area contributed by atoms with Gasteiger partial charge in [-0.05, 0) is 59.9 Å². The van der Waals surface area contributed by atoms with Gasteiger partial charge >= 0.3 is 17.6 Å². The summed E-state index contributed by atoms with van der Waals surface area (Å²) in [6, 6.07) is 19.3. The van der Waals surface area contributed by atoms with Crippen LogP contribution in [0, 0.1) is 5.92 Å². The van der Waals surface area contributed by atoms with Gasteiger partial charge in [0, 0.05) is 22.7 Å². The third kappa shape index (κ3) is 5.45. The number of nitrogens with zero attached hydrogens (tertiary/aromatic N) is 5. The minimum atomic E-state index is -4.76. The lowest BCUT2D eigenvalue weighted by Crippen LogP contribution is -2.53. The quantitative estimate of drug-likeness (QED) is 0.141. The number of anilines is 1. The molecule has 4 atom stereocenters. The molecule has 2 fully saturated rings. The zero-order chi connectivity index (χ0) is 39.0. The zero-order valence-corrected chi connectivity index (χ0v) is 30.0. The first-order chi connectivity index (χ1) is 26.3. The Labute approximate surface area is 320 Å². The number of phenols is 1. The predicted octanol–water partition coefficient (Wildman–Crippen LogP) is 6.57. The molecule has 1 aliphatic carbocycles. The number of carbonyl (C=O) groups is 2. The number of rotatable bonds is 7. The smallest absolute Gasteiger partial charge is 0.417 e. The second-order valence-electron chi connectivity index (χ2n) is 13.5. The maximum absolute atomic E-state index is 15.3. The summed E-state index contributed by atoms with van der Waals surface area (Å²) in [5.41, 5.74) is 0.202. The number of carbonyl (C=O) groups excluding carboxylic acids is 2.